The number of amides is 1. The first kappa shape index (κ1) is 34.0. The molecule has 0 unspecified atom stereocenters. The second-order valence-corrected chi connectivity index (χ2v) is 13.1. The van der Waals surface area contributed by atoms with Crippen molar-refractivity contribution in [2.45, 2.75) is 63.8 Å². The summed E-state index contributed by atoms with van der Waals surface area (Å²) in [6.45, 7) is 6.15. The van der Waals surface area contributed by atoms with Crippen LogP contribution in [-0.4, -0.2) is 61.3 Å². The predicted octanol–water partition coefficient (Wildman–Crippen LogP) is 5.97. The molecule has 3 aromatic carbocycles. The molecular weight excluding hydrogens is 638 g/mol. The van der Waals surface area contributed by atoms with Crippen LogP contribution in [0.15, 0.2) is 82.3 Å². The number of hydrogen-bond acceptors (Lipinski definition) is 8. The largest absolute Gasteiger partial charge is 0.494 e. The Hall–Kier alpha value is -3.89. The Morgan fingerprint density at radius 1 is 1.02 bits per heavy atom. The van der Waals surface area contributed by atoms with E-state index in [0.717, 1.165) is 21.3 Å². The Bertz CT molecular complexity index is 1470. The van der Waals surface area contributed by atoms with Crippen LogP contribution in [0.5, 0.6) is 5.75 Å². The Labute approximate surface area is 273 Å². The number of nitrogens with one attached hydrogen (secondary N) is 1. The lowest BCUT2D eigenvalue weighted by Crippen LogP contribution is -2.48. The number of benzene rings is 3. The molecule has 0 spiro atoms. The number of halogens is 1. The molecule has 2 N–H and O–H groups in total. The highest BCUT2D eigenvalue weighted by Gasteiger charge is 2.53. The normalized spacial score (nSPS) is 17.7. The van der Waals surface area contributed by atoms with Crippen molar-refractivity contribution >= 4 is 39.4 Å². The summed E-state index contributed by atoms with van der Waals surface area (Å²) < 4.78 is 18.7. The van der Waals surface area contributed by atoms with Gasteiger partial charge in [0, 0.05) is 55.8 Å². The summed E-state index contributed by atoms with van der Waals surface area (Å²) in [5.74, 6) is 0.162. The average Bonchev–Trinajstić information content (AvgIpc) is 3.40. The van der Waals surface area contributed by atoms with Crippen molar-refractivity contribution in [2.75, 3.05) is 32.2 Å². The van der Waals surface area contributed by atoms with Gasteiger partial charge in [0.25, 0.3) is 5.91 Å². The Balaban J connectivity index is 1.70. The number of nitrogens with zero attached hydrogens (tertiary/aromatic N) is 2. The number of rotatable bonds is 13. The number of aliphatic imine (C=N–C) groups is 1. The van der Waals surface area contributed by atoms with Gasteiger partial charge in [-0.25, -0.2) is 4.99 Å². The van der Waals surface area contributed by atoms with Gasteiger partial charge in [0.05, 0.1) is 6.61 Å². The number of anilines is 1. The van der Waals surface area contributed by atoms with Crippen molar-refractivity contribution in [3.8, 4) is 5.75 Å². The Kier molecular flexibility index (Phi) is 11.3. The summed E-state index contributed by atoms with van der Waals surface area (Å²) in [5, 5.41) is 12.1. The van der Waals surface area contributed by atoms with Crippen LogP contribution < -0.4 is 15.0 Å². The highest BCUT2D eigenvalue weighted by molar-refractivity contribution is 9.10. The monoisotopic (exact) mass is 679 g/mol. The van der Waals surface area contributed by atoms with Crippen LogP contribution in [0.1, 0.15) is 62.8 Å². The molecular formula is C35H42BrN3O6. The molecule has 10 heteroatoms. The van der Waals surface area contributed by atoms with Gasteiger partial charge in [0.1, 0.15) is 11.4 Å². The number of aliphatic hydroxyl groups excluding tert-OH is 1. The van der Waals surface area contributed by atoms with Gasteiger partial charge in [-0.3, -0.25) is 9.59 Å². The lowest BCUT2D eigenvalue weighted by Gasteiger charge is -2.31. The fourth-order valence-corrected chi connectivity index (χ4v) is 5.20. The fourth-order valence-electron chi connectivity index (χ4n) is 4.94. The lowest BCUT2D eigenvalue weighted by molar-refractivity contribution is -0.155. The van der Waals surface area contributed by atoms with Gasteiger partial charge in [-0.15, -0.1) is 0 Å². The Morgan fingerprint density at radius 3 is 2.29 bits per heavy atom. The predicted molar refractivity (Wildman–Crippen MR) is 179 cm³/mol. The van der Waals surface area contributed by atoms with Crippen molar-refractivity contribution in [3.63, 3.8) is 0 Å². The first-order valence-corrected chi connectivity index (χ1v) is 15.8. The van der Waals surface area contributed by atoms with Gasteiger partial charge >= 0.3 is 5.97 Å². The second kappa shape index (κ2) is 14.9. The second-order valence-electron chi connectivity index (χ2n) is 12.2. The van der Waals surface area contributed by atoms with Crippen LogP contribution in [-0.2, 0) is 25.6 Å². The molecule has 0 saturated carbocycles. The molecule has 3 aromatic rings. The van der Waals surface area contributed by atoms with E-state index in [2.05, 4.69) is 21.2 Å². The van der Waals surface area contributed by atoms with Crippen LogP contribution in [0.25, 0.3) is 0 Å². The summed E-state index contributed by atoms with van der Waals surface area (Å²) in [6.07, 6.45) is -0.242. The first-order chi connectivity index (χ1) is 21.4. The van der Waals surface area contributed by atoms with E-state index in [1.807, 2.05) is 100 Å². The molecule has 2 atom stereocenters. The van der Waals surface area contributed by atoms with E-state index in [9.17, 15) is 9.59 Å². The van der Waals surface area contributed by atoms with Crippen LogP contribution >= 0.6 is 15.9 Å². The summed E-state index contributed by atoms with van der Waals surface area (Å²) in [5.41, 5.74) is 1.26. The minimum absolute atomic E-state index is 0.0347. The molecule has 4 rings (SSSR count). The van der Waals surface area contributed by atoms with E-state index in [1.54, 1.807) is 12.1 Å². The van der Waals surface area contributed by atoms with Crippen LogP contribution in [0.4, 0.5) is 5.69 Å². The van der Waals surface area contributed by atoms with E-state index in [0.29, 0.717) is 30.2 Å². The molecule has 1 amide bonds. The van der Waals surface area contributed by atoms with E-state index in [4.69, 9.17) is 24.3 Å². The van der Waals surface area contributed by atoms with Crippen molar-refractivity contribution in [1.82, 2.24) is 5.32 Å². The molecule has 0 aromatic heterocycles. The molecule has 1 aliphatic rings. The summed E-state index contributed by atoms with van der Waals surface area (Å²) in [7, 11) is 3.95. The molecule has 1 heterocycles. The zero-order chi connectivity index (χ0) is 32.6. The number of aliphatic hydroxyl groups is 1. The number of hydrogen-bond donors (Lipinski definition) is 2. The SMILES string of the molecule is CN(C)c1ccc(CNC(=O)[C@]2(CCC(=O)OC(C)(C)C)N=C(c3ccc(OCCCO)cc3)O[C@@H]2c2ccc(Br)cc2)cc1. The van der Waals surface area contributed by atoms with E-state index < -0.39 is 23.2 Å². The molecule has 0 aliphatic carbocycles. The zero-order valence-corrected chi connectivity index (χ0v) is 28.1. The fraction of sp³-hybridized carbons (Fsp3) is 0.400. The maximum atomic E-state index is 14.3. The molecule has 0 fully saturated rings. The maximum Gasteiger partial charge on any atom is 0.306 e. The van der Waals surface area contributed by atoms with E-state index in [-0.39, 0.29) is 31.9 Å². The minimum Gasteiger partial charge on any atom is -0.494 e. The third kappa shape index (κ3) is 9.08. The van der Waals surface area contributed by atoms with Crippen LogP contribution in [0.2, 0.25) is 0 Å². The Morgan fingerprint density at radius 2 is 1.69 bits per heavy atom. The summed E-state index contributed by atoms with van der Waals surface area (Å²) >= 11 is 3.49. The zero-order valence-electron chi connectivity index (χ0n) is 26.5. The van der Waals surface area contributed by atoms with Crippen molar-refractivity contribution in [1.29, 1.82) is 0 Å². The molecule has 9 nitrogen and oxygen atoms in total. The number of carbonyl (C=O) groups is 2. The number of esters is 1. The standard InChI is InChI=1S/C35H42BrN3O6/c1-34(2,3)45-30(41)19-20-35(33(42)37-23-24-7-15-28(16-8-24)39(4)5)31(25-9-13-27(36)14-10-25)44-32(38-35)26-11-17-29(18-12-26)43-22-6-21-40/h7-18,31,40H,6,19-23H2,1-5H3,(H,37,42)/t31-,35-/m1/s1. The molecule has 45 heavy (non-hydrogen) atoms. The molecule has 0 bridgehead atoms. The number of carbonyl (C=O) groups excluding carboxylic acids is 2. The van der Waals surface area contributed by atoms with Crippen molar-refractivity contribution in [2.24, 2.45) is 4.99 Å². The van der Waals surface area contributed by atoms with Crippen LogP contribution in [0.3, 0.4) is 0 Å². The van der Waals surface area contributed by atoms with Crippen molar-refractivity contribution < 1.29 is 28.9 Å². The van der Waals surface area contributed by atoms with Crippen LogP contribution in [0, 0.1) is 0 Å². The molecule has 1 aliphatic heterocycles. The highest BCUT2D eigenvalue weighted by Crippen LogP contribution is 2.43. The quantitative estimate of drug-likeness (QED) is 0.169. The molecule has 0 radical (unpaired) electrons. The number of ether oxygens (including phenoxy) is 3. The minimum atomic E-state index is -1.46. The summed E-state index contributed by atoms with van der Waals surface area (Å²) in [6, 6.07) is 22.7. The lowest BCUT2D eigenvalue weighted by atomic mass is 9.83. The first-order valence-electron chi connectivity index (χ1n) is 15.0. The molecule has 240 valence electrons. The van der Waals surface area contributed by atoms with Gasteiger partial charge in [-0.1, -0.05) is 40.2 Å². The topological polar surface area (TPSA) is 110 Å². The van der Waals surface area contributed by atoms with Gasteiger partial charge in [-0.05, 0) is 86.8 Å². The smallest absolute Gasteiger partial charge is 0.306 e. The van der Waals surface area contributed by atoms with Crippen molar-refractivity contribution in [3.05, 3.63) is 94.0 Å². The maximum absolute atomic E-state index is 14.3. The van der Waals surface area contributed by atoms with Gasteiger partial charge in [0.2, 0.25) is 5.90 Å². The van der Waals surface area contributed by atoms with E-state index >= 15 is 0 Å². The van der Waals surface area contributed by atoms with E-state index in [1.165, 1.54) is 0 Å². The van der Waals surface area contributed by atoms with Gasteiger partial charge in [-0.2, -0.15) is 0 Å². The highest BCUT2D eigenvalue weighted by atomic mass is 79.9. The average molecular weight is 681 g/mol. The summed E-state index contributed by atoms with van der Waals surface area (Å²) in [4.78, 5) is 34.3. The third-order valence-electron chi connectivity index (χ3n) is 7.24. The molecule has 0 saturated heterocycles. The van der Waals surface area contributed by atoms with Gasteiger partial charge in [0.15, 0.2) is 11.6 Å². The third-order valence-corrected chi connectivity index (χ3v) is 7.77. The van der Waals surface area contributed by atoms with Gasteiger partial charge < -0.3 is 29.5 Å².